The number of fused-ring (bicyclic) bond motifs is 1. The fourth-order valence-electron chi connectivity index (χ4n) is 6.21. The van der Waals surface area contributed by atoms with Gasteiger partial charge < -0.3 is 21.1 Å². The van der Waals surface area contributed by atoms with Crippen molar-refractivity contribution in [2.75, 3.05) is 6.54 Å². The van der Waals surface area contributed by atoms with Crippen molar-refractivity contribution in [1.29, 1.82) is 0 Å². The topological polar surface area (TPSA) is 143 Å². The Labute approximate surface area is 233 Å². The maximum atomic E-state index is 14.1. The molecule has 2 aliphatic rings. The van der Waals surface area contributed by atoms with E-state index in [-0.39, 0.29) is 24.8 Å². The van der Waals surface area contributed by atoms with Crippen LogP contribution in [0.2, 0.25) is 0 Å². The monoisotopic (exact) mass is 546 g/mol. The zero-order valence-corrected chi connectivity index (χ0v) is 23.1. The molecule has 0 unspecified atom stereocenters. The Morgan fingerprint density at radius 1 is 1.10 bits per heavy atom. The lowest BCUT2D eigenvalue weighted by Crippen LogP contribution is -2.53. The number of benzene rings is 2. The van der Waals surface area contributed by atoms with Crippen molar-refractivity contribution in [1.82, 2.24) is 25.2 Å². The zero-order valence-electron chi connectivity index (χ0n) is 23.1. The zero-order chi connectivity index (χ0) is 28.4. The summed E-state index contributed by atoms with van der Waals surface area (Å²) in [7, 11) is 0. The van der Waals surface area contributed by atoms with E-state index in [1.807, 2.05) is 36.4 Å². The number of nitrogens with two attached hydrogens (primary N) is 1. The number of aliphatic hydroxyl groups is 1. The van der Waals surface area contributed by atoms with Crippen molar-refractivity contribution >= 4 is 28.5 Å². The third kappa shape index (κ3) is 5.86. The van der Waals surface area contributed by atoms with Gasteiger partial charge in [-0.15, -0.1) is 5.10 Å². The minimum atomic E-state index is -1.21. The van der Waals surface area contributed by atoms with E-state index in [1.54, 1.807) is 24.6 Å². The molecule has 40 heavy (non-hydrogen) atoms. The Morgan fingerprint density at radius 3 is 2.52 bits per heavy atom. The van der Waals surface area contributed by atoms with Gasteiger partial charge in [0.25, 0.3) is 5.91 Å². The molecule has 212 valence electrons. The fourth-order valence-corrected chi connectivity index (χ4v) is 6.21. The number of hydrogen-bond acceptors (Lipinski definition) is 6. The van der Waals surface area contributed by atoms with Crippen molar-refractivity contribution in [2.45, 2.75) is 82.5 Å². The number of carbonyl (C=O) groups is 3. The Morgan fingerprint density at radius 2 is 1.82 bits per heavy atom. The molecular formula is C30H38N6O4. The summed E-state index contributed by atoms with van der Waals surface area (Å²) in [5.74, 6) is -0.956. The van der Waals surface area contributed by atoms with Gasteiger partial charge in [-0.25, -0.2) is 4.68 Å². The van der Waals surface area contributed by atoms with Crippen LogP contribution in [0.25, 0.3) is 10.8 Å². The van der Waals surface area contributed by atoms with E-state index in [4.69, 9.17) is 5.73 Å². The predicted molar refractivity (Wildman–Crippen MR) is 150 cm³/mol. The number of amides is 3. The lowest BCUT2D eigenvalue weighted by Gasteiger charge is -2.31. The molecule has 0 bridgehead atoms. The van der Waals surface area contributed by atoms with Crippen LogP contribution in [0.3, 0.4) is 0 Å². The summed E-state index contributed by atoms with van der Waals surface area (Å²) >= 11 is 0. The molecule has 0 radical (unpaired) electrons. The molecule has 3 atom stereocenters. The fraction of sp³-hybridized carbons (Fsp3) is 0.500. The SMILES string of the molecule is CC(C)(O)c1cnnn1[C@H]1C[C@@H](C(N)=O)N(C(=O)[C@@H](CC2CCCCC2)NC(=O)c2ccc3ccccc3c2)C1. The predicted octanol–water partition coefficient (Wildman–Crippen LogP) is 3.06. The summed E-state index contributed by atoms with van der Waals surface area (Å²) in [6, 6.07) is 11.2. The average Bonchev–Trinajstić information content (AvgIpc) is 3.60. The van der Waals surface area contributed by atoms with E-state index in [0.717, 1.165) is 36.5 Å². The van der Waals surface area contributed by atoms with Crippen LogP contribution in [0, 0.1) is 5.92 Å². The molecule has 10 nitrogen and oxygen atoms in total. The smallest absolute Gasteiger partial charge is 0.251 e. The highest BCUT2D eigenvalue weighted by Gasteiger charge is 2.44. The molecule has 1 saturated heterocycles. The van der Waals surface area contributed by atoms with Crippen LogP contribution in [0.4, 0.5) is 0 Å². The second kappa shape index (κ2) is 11.4. The second-order valence-corrected chi connectivity index (χ2v) is 11.7. The van der Waals surface area contributed by atoms with E-state index < -0.39 is 29.6 Å². The molecule has 3 aromatic rings. The summed E-state index contributed by atoms with van der Waals surface area (Å²) in [4.78, 5) is 41.6. The van der Waals surface area contributed by atoms with Gasteiger partial charge in [0, 0.05) is 18.5 Å². The molecule has 1 aliphatic carbocycles. The van der Waals surface area contributed by atoms with E-state index in [1.165, 1.54) is 17.5 Å². The highest BCUT2D eigenvalue weighted by molar-refractivity contribution is 6.01. The Bertz CT molecular complexity index is 1390. The van der Waals surface area contributed by atoms with Gasteiger partial charge in [-0.2, -0.15) is 0 Å². The molecule has 10 heteroatoms. The van der Waals surface area contributed by atoms with Gasteiger partial charge in [0.1, 0.15) is 17.7 Å². The lowest BCUT2D eigenvalue weighted by molar-refractivity contribution is -0.139. The minimum absolute atomic E-state index is 0.173. The Hall–Kier alpha value is -3.79. The number of primary amides is 1. The molecule has 1 aromatic heterocycles. The van der Waals surface area contributed by atoms with Crippen LogP contribution in [0.15, 0.2) is 48.7 Å². The highest BCUT2D eigenvalue weighted by atomic mass is 16.3. The Kier molecular flexibility index (Phi) is 7.89. The number of nitrogens with one attached hydrogen (secondary N) is 1. The van der Waals surface area contributed by atoms with Crippen molar-refractivity contribution in [3.63, 3.8) is 0 Å². The first-order valence-corrected chi connectivity index (χ1v) is 14.1. The second-order valence-electron chi connectivity index (χ2n) is 11.7. The molecular weight excluding hydrogens is 508 g/mol. The standard InChI is InChI=1S/C30H38N6O4/c1-30(2,40)26-17-32-34-36(26)23-16-25(27(31)37)35(18-23)29(39)24(14-19-8-4-3-5-9-19)33-28(38)22-13-12-20-10-6-7-11-21(20)15-22/h6-7,10-13,15,17,19,23-25,40H,3-5,8-9,14,16,18H2,1-2H3,(H2,31,37)(H,33,38)/t23-,24+,25-/m0/s1. The number of carbonyl (C=O) groups excluding carboxylic acids is 3. The quantitative estimate of drug-likeness (QED) is 0.396. The molecule has 2 fully saturated rings. The van der Waals surface area contributed by atoms with Gasteiger partial charge in [0.05, 0.1) is 17.9 Å². The molecule has 2 aromatic carbocycles. The molecule has 5 rings (SSSR count). The molecule has 0 spiro atoms. The molecule has 4 N–H and O–H groups in total. The summed E-state index contributed by atoms with van der Waals surface area (Å²) in [5.41, 5.74) is 5.53. The highest BCUT2D eigenvalue weighted by Crippen LogP contribution is 2.33. The number of likely N-dealkylation sites (tertiary alicyclic amines) is 1. The first-order chi connectivity index (χ1) is 19.1. The summed E-state index contributed by atoms with van der Waals surface area (Å²) in [6.07, 6.45) is 7.64. The largest absolute Gasteiger partial charge is 0.384 e. The van der Waals surface area contributed by atoms with E-state index in [2.05, 4.69) is 15.6 Å². The van der Waals surface area contributed by atoms with Gasteiger partial charge in [-0.05, 0) is 49.1 Å². The lowest BCUT2D eigenvalue weighted by atomic mass is 9.84. The average molecular weight is 547 g/mol. The van der Waals surface area contributed by atoms with Crippen molar-refractivity contribution in [3.8, 4) is 0 Å². The first kappa shape index (κ1) is 27.8. The van der Waals surface area contributed by atoms with E-state index in [9.17, 15) is 19.5 Å². The van der Waals surface area contributed by atoms with Crippen LogP contribution in [0.1, 0.15) is 80.9 Å². The normalized spacial score (nSPS) is 20.9. The van der Waals surface area contributed by atoms with Gasteiger partial charge in [-0.1, -0.05) is 67.6 Å². The summed E-state index contributed by atoms with van der Waals surface area (Å²) < 4.78 is 1.58. The molecule has 1 aliphatic heterocycles. The van der Waals surface area contributed by atoms with Gasteiger partial charge >= 0.3 is 0 Å². The maximum Gasteiger partial charge on any atom is 0.251 e. The van der Waals surface area contributed by atoms with Crippen molar-refractivity contribution < 1.29 is 19.5 Å². The number of rotatable bonds is 8. The summed E-state index contributed by atoms with van der Waals surface area (Å²) in [6.45, 7) is 3.44. The van der Waals surface area contributed by atoms with Gasteiger partial charge in [0.2, 0.25) is 11.8 Å². The number of aromatic nitrogens is 3. The van der Waals surface area contributed by atoms with Crippen molar-refractivity contribution in [2.24, 2.45) is 11.7 Å². The number of hydrogen-bond donors (Lipinski definition) is 3. The number of nitrogens with zero attached hydrogens (tertiary/aromatic N) is 4. The molecule has 2 heterocycles. The van der Waals surface area contributed by atoms with Crippen LogP contribution in [-0.4, -0.2) is 61.4 Å². The van der Waals surface area contributed by atoms with E-state index in [0.29, 0.717) is 23.6 Å². The van der Waals surface area contributed by atoms with Gasteiger partial charge in [0.15, 0.2) is 0 Å². The van der Waals surface area contributed by atoms with Crippen LogP contribution in [0.5, 0.6) is 0 Å². The Balaban J connectivity index is 1.41. The van der Waals surface area contributed by atoms with Gasteiger partial charge in [-0.3, -0.25) is 14.4 Å². The molecule has 3 amide bonds. The molecule has 1 saturated carbocycles. The van der Waals surface area contributed by atoms with Crippen LogP contribution >= 0.6 is 0 Å². The van der Waals surface area contributed by atoms with Crippen LogP contribution in [-0.2, 0) is 15.2 Å². The maximum absolute atomic E-state index is 14.1. The summed E-state index contributed by atoms with van der Waals surface area (Å²) in [5, 5.41) is 23.7. The minimum Gasteiger partial charge on any atom is -0.384 e. The third-order valence-electron chi connectivity index (χ3n) is 8.35. The van der Waals surface area contributed by atoms with Crippen LogP contribution < -0.4 is 11.1 Å². The third-order valence-corrected chi connectivity index (χ3v) is 8.35. The first-order valence-electron chi connectivity index (χ1n) is 14.1. The van der Waals surface area contributed by atoms with Crippen molar-refractivity contribution in [3.05, 3.63) is 59.9 Å². The van der Waals surface area contributed by atoms with E-state index >= 15 is 0 Å².